The summed E-state index contributed by atoms with van der Waals surface area (Å²) in [6.45, 7) is 2.42. The molecule has 0 aliphatic rings. The van der Waals surface area contributed by atoms with Crippen LogP contribution in [0.4, 0.5) is 0 Å². The molecule has 0 saturated carbocycles. The van der Waals surface area contributed by atoms with Gasteiger partial charge in [-0.3, -0.25) is 0 Å². The summed E-state index contributed by atoms with van der Waals surface area (Å²) in [6, 6.07) is 14.0. The van der Waals surface area contributed by atoms with Gasteiger partial charge in [-0.15, -0.1) is 0 Å². The maximum atomic E-state index is 12.4. The minimum absolute atomic E-state index is 0.194. The van der Waals surface area contributed by atoms with Crippen molar-refractivity contribution in [1.82, 2.24) is 21.3 Å². The van der Waals surface area contributed by atoms with Crippen LogP contribution in [0.5, 0.6) is 0 Å². The minimum atomic E-state index is -0.562. The molecule has 0 aliphatic heterocycles. The summed E-state index contributed by atoms with van der Waals surface area (Å²) in [7, 11) is 0. The van der Waals surface area contributed by atoms with E-state index >= 15 is 0 Å². The van der Waals surface area contributed by atoms with Crippen LogP contribution in [-0.4, -0.2) is 89.9 Å². The Kier molecular flexibility index (Phi) is 18.7. The van der Waals surface area contributed by atoms with E-state index in [4.69, 9.17) is 22.9 Å². The van der Waals surface area contributed by atoms with Crippen LogP contribution < -0.4 is 44.2 Å². The third-order valence-electron chi connectivity index (χ3n) is 7.00. The summed E-state index contributed by atoms with van der Waals surface area (Å²) in [5.74, 6) is -0.833. The van der Waals surface area contributed by atoms with Crippen molar-refractivity contribution in [2.45, 2.75) is 61.2 Å². The third-order valence-corrected chi connectivity index (χ3v) is 9.26. The molecule has 45 heavy (non-hydrogen) atoms. The zero-order valence-electron chi connectivity index (χ0n) is 26.0. The van der Waals surface area contributed by atoms with Crippen molar-refractivity contribution >= 4 is 38.6 Å². The first kappa shape index (κ1) is 37.9. The van der Waals surface area contributed by atoms with Gasteiger partial charge in [0.2, 0.25) is 0 Å². The first-order chi connectivity index (χ1) is 21.7. The van der Waals surface area contributed by atoms with Crippen LogP contribution in [0.3, 0.4) is 0 Å². The number of benzene rings is 2. The SMILES string of the molecule is NCCCC[C@H](N)C(=O)NCCNC(=O)c1ccc(C[Se]Cc2ccc(C(=O)NCCNC(=O)[C@@H](N)CCCCN)cc2)cc1. The molecule has 12 N–H and O–H groups in total. The van der Waals surface area contributed by atoms with Crippen LogP contribution in [0.15, 0.2) is 48.5 Å². The monoisotopic (exact) mass is 690 g/mol. The number of amides is 4. The van der Waals surface area contributed by atoms with E-state index in [2.05, 4.69) is 21.3 Å². The summed E-state index contributed by atoms with van der Waals surface area (Å²) < 4.78 is 0. The quantitative estimate of drug-likeness (QED) is 0.0604. The number of hydrogen-bond acceptors (Lipinski definition) is 8. The van der Waals surface area contributed by atoms with Crippen molar-refractivity contribution in [3.63, 3.8) is 0 Å². The second-order valence-electron chi connectivity index (χ2n) is 10.8. The first-order valence-corrected chi connectivity index (χ1v) is 18.0. The normalized spacial score (nSPS) is 12.2. The summed E-state index contributed by atoms with van der Waals surface area (Å²) in [6.07, 6.45) is 4.48. The van der Waals surface area contributed by atoms with E-state index in [0.717, 1.165) is 47.4 Å². The fourth-order valence-electron chi connectivity index (χ4n) is 4.26. The topological polar surface area (TPSA) is 220 Å². The van der Waals surface area contributed by atoms with E-state index in [0.29, 0.717) is 78.2 Å². The second-order valence-corrected chi connectivity index (χ2v) is 12.8. The van der Waals surface area contributed by atoms with Gasteiger partial charge in [0.05, 0.1) is 0 Å². The molecular weight excluding hydrogens is 639 g/mol. The Bertz CT molecular complexity index is 1090. The van der Waals surface area contributed by atoms with E-state index in [1.54, 1.807) is 0 Å². The van der Waals surface area contributed by atoms with E-state index in [9.17, 15) is 19.2 Å². The third kappa shape index (κ3) is 15.5. The molecule has 4 amide bonds. The van der Waals surface area contributed by atoms with Crippen molar-refractivity contribution in [3.8, 4) is 0 Å². The molecule has 2 aromatic rings. The van der Waals surface area contributed by atoms with Crippen LogP contribution >= 0.6 is 0 Å². The Morgan fingerprint density at radius 2 is 0.911 bits per heavy atom. The Hall–Kier alpha value is -3.32. The van der Waals surface area contributed by atoms with Crippen LogP contribution in [0.1, 0.15) is 70.4 Å². The molecule has 13 heteroatoms. The fraction of sp³-hybridized carbons (Fsp3) is 0.500. The molecule has 0 fully saturated rings. The number of carbonyl (C=O) groups is 4. The second kappa shape index (κ2) is 22.2. The number of unbranched alkanes of at least 4 members (excludes halogenated alkanes) is 2. The molecule has 248 valence electrons. The van der Waals surface area contributed by atoms with Crippen molar-refractivity contribution in [2.75, 3.05) is 39.3 Å². The zero-order chi connectivity index (χ0) is 32.9. The number of nitrogens with two attached hydrogens (primary N) is 4. The summed E-state index contributed by atoms with van der Waals surface area (Å²) >= 11 is 0.306. The molecule has 0 aromatic heterocycles. The molecule has 0 bridgehead atoms. The molecule has 0 aliphatic carbocycles. The van der Waals surface area contributed by atoms with Gasteiger partial charge in [-0.05, 0) is 38.8 Å². The van der Waals surface area contributed by atoms with Crippen molar-refractivity contribution in [1.29, 1.82) is 0 Å². The molecule has 0 spiro atoms. The van der Waals surface area contributed by atoms with Crippen LogP contribution in [0, 0.1) is 0 Å². The predicted octanol–water partition coefficient (Wildman–Crippen LogP) is -0.304. The van der Waals surface area contributed by atoms with Crippen LogP contribution in [0.25, 0.3) is 0 Å². The van der Waals surface area contributed by atoms with Gasteiger partial charge >= 0.3 is 199 Å². The van der Waals surface area contributed by atoms with E-state index in [1.807, 2.05) is 48.5 Å². The van der Waals surface area contributed by atoms with Crippen molar-refractivity contribution in [2.24, 2.45) is 22.9 Å². The molecule has 0 radical (unpaired) electrons. The Balaban J connectivity index is 1.63. The Morgan fingerprint density at radius 1 is 0.556 bits per heavy atom. The average Bonchev–Trinajstić information content (AvgIpc) is 3.05. The zero-order valence-corrected chi connectivity index (χ0v) is 27.7. The number of nitrogens with one attached hydrogen (secondary N) is 4. The molecular formula is C32H50N8O4Se. The van der Waals surface area contributed by atoms with Crippen LogP contribution in [0.2, 0.25) is 0 Å². The van der Waals surface area contributed by atoms with Crippen molar-refractivity contribution < 1.29 is 19.2 Å². The van der Waals surface area contributed by atoms with Gasteiger partial charge in [-0.1, -0.05) is 12.8 Å². The van der Waals surface area contributed by atoms with E-state index in [-0.39, 0.29) is 23.6 Å². The molecule has 2 aromatic carbocycles. The molecule has 12 nitrogen and oxygen atoms in total. The standard InChI is InChI=1S/C32H50N8O4Se/c33-15-3-1-5-27(35)31(43)39-19-17-37-29(41)25-11-7-23(8-12-25)21-45-22-24-9-13-26(14-10-24)30(42)38-18-20-40-32(44)28(36)6-2-4-16-34/h7-14,27-28H,1-6,15-22,33-36H2,(H,37,41)(H,38,42)(H,39,43)(H,40,44)/t27-,28-/m0/s1. The molecule has 0 heterocycles. The number of carbonyl (C=O) groups excluding carboxylic acids is 4. The van der Waals surface area contributed by atoms with Gasteiger partial charge in [0.1, 0.15) is 0 Å². The number of hydrogen-bond donors (Lipinski definition) is 8. The Labute approximate surface area is 272 Å². The summed E-state index contributed by atoms with van der Waals surface area (Å²) in [4.78, 5) is 48.9. The van der Waals surface area contributed by atoms with Crippen LogP contribution in [-0.2, 0) is 20.2 Å². The van der Waals surface area contributed by atoms with Gasteiger partial charge < -0.3 is 22.9 Å². The molecule has 0 unspecified atom stereocenters. The Morgan fingerprint density at radius 3 is 1.27 bits per heavy atom. The maximum absolute atomic E-state index is 12.4. The van der Waals surface area contributed by atoms with Gasteiger partial charge in [0, 0.05) is 0 Å². The van der Waals surface area contributed by atoms with Gasteiger partial charge in [0.15, 0.2) is 0 Å². The summed E-state index contributed by atoms with van der Waals surface area (Å²) in [5, 5.41) is 12.9. The van der Waals surface area contributed by atoms with Gasteiger partial charge in [-0.2, -0.15) is 0 Å². The van der Waals surface area contributed by atoms with E-state index < -0.39 is 12.1 Å². The van der Waals surface area contributed by atoms with E-state index in [1.165, 1.54) is 0 Å². The average molecular weight is 690 g/mol. The molecule has 2 rings (SSSR count). The summed E-state index contributed by atoms with van der Waals surface area (Å²) in [5.41, 5.74) is 26.1. The fourth-order valence-corrected chi connectivity index (χ4v) is 6.27. The van der Waals surface area contributed by atoms with Gasteiger partial charge in [-0.25, -0.2) is 0 Å². The first-order valence-electron chi connectivity index (χ1n) is 15.5. The molecule has 0 saturated heterocycles. The predicted molar refractivity (Wildman–Crippen MR) is 178 cm³/mol. The number of rotatable bonds is 22. The van der Waals surface area contributed by atoms with Gasteiger partial charge in [0.25, 0.3) is 0 Å². The molecule has 2 atom stereocenters. The van der Waals surface area contributed by atoms with Crippen molar-refractivity contribution in [3.05, 3.63) is 70.8 Å².